The molecule has 0 bridgehead atoms. The second kappa shape index (κ2) is 9.40. The van der Waals surface area contributed by atoms with Gasteiger partial charge in [-0.2, -0.15) is 0 Å². The van der Waals surface area contributed by atoms with Crippen LogP contribution in [-0.4, -0.2) is 31.9 Å². The van der Waals surface area contributed by atoms with Crippen LogP contribution < -0.4 is 14.4 Å². The Kier molecular flexibility index (Phi) is 6.40. The Hall–Kier alpha value is -3.74. The SMILES string of the molecule is CCOC(=O)C1=CN(c2ccc(C)c(C)c2)C=C(C(=O)OCC)C1c1ccc2c(c1)OCO2. The molecule has 2 aliphatic rings. The van der Waals surface area contributed by atoms with Gasteiger partial charge in [0, 0.05) is 18.1 Å². The van der Waals surface area contributed by atoms with Crippen LogP contribution in [0.15, 0.2) is 59.9 Å². The summed E-state index contributed by atoms with van der Waals surface area (Å²) in [6, 6.07) is 11.3. The summed E-state index contributed by atoms with van der Waals surface area (Å²) in [7, 11) is 0. The second-order valence-corrected chi connectivity index (χ2v) is 7.83. The van der Waals surface area contributed by atoms with Gasteiger partial charge in [0.25, 0.3) is 0 Å². The predicted octanol–water partition coefficient (Wildman–Crippen LogP) is 4.53. The van der Waals surface area contributed by atoms with E-state index in [9.17, 15) is 9.59 Å². The van der Waals surface area contributed by atoms with Crippen LogP contribution in [0.3, 0.4) is 0 Å². The molecule has 2 heterocycles. The van der Waals surface area contributed by atoms with E-state index in [1.54, 1.807) is 43.3 Å². The fraction of sp³-hybridized carbons (Fsp3) is 0.308. The molecule has 0 radical (unpaired) electrons. The molecule has 0 amide bonds. The number of esters is 2. The van der Waals surface area contributed by atoms with Crippen LogP contribution in [0.4, 0.5) is 5.69 Å². The molecule has 0 fully saturated rings. The number of carbonyl (C=O) groups excluding carboxylic acids is 2. The topological polar surface area (TPSA) is 74.3 Å². The van der Waals surface area contributed by atoms with E-state index in [0.29, 0.717) is 28.2 Å². The average molecular weight is 450 g/mol. The number of ether oxygens (including phenoxy) is 4. The highest BCUT2D eigenvalue weighted by Gasteiger charge is 2.36. The van der Waals surface area contributed by atoms with E-state index in [4.69, 9.17) is 18.9 Å². The molecule has 0 spiro atoms. The summed E-state index contributed by atoms with van der Waals surface area (Å²) in [5, 5.41) is 0. The number of hydrogen-bond donors (Lipinski definition) is 0. The zero-order chi connectivity index (χ0) is 23.5. The van der Waals surface area contributed by atoms with Crippen LogP contribution in [-0.2, 0) is 19.1 Å². The Morgan fingerprint density at radius 2 is 1.52 bits per heavy atom. The largest absolute Gasteiger partial charge is 0.463 e. The zero-order valence-corrected chi connectivity index (χ0v) is 19.2. The van der Waals surface area contributed by atoms with Crippen LogP contribution in [0.5, 0.6) is 11.5 Å². The third kappa shape index (κ3) is 4.44. The highest BCUT2D eigenvalue weighted by molar-refractivity contribution is 6.00. The smallest absolute Gasteiger partial charge is 0.336 e. The monoisotopic (exact) mass is 449 g/mol. The van der Waals surface area contributed by atoms with Gasteiger partial charge in [-0.3, -0.25) is 0 Å². The summed E-state index contributed by atoms with van der Waals surface area (Å²) >= 11 is 0. The van der Waals surface area contributed by atoms with Crippen LogP contribution in [0.2, 0.25) is 0 Å². The van der Waals surface area contributed by atoms with Crippen molar-refractivity contribution in [3.63, 3.8) is 0 Å². The van der Waals surface area contributed by atoms with Gasteiger partial charge in [-0.1, -0.05) is 12.1 Å². The molecule has 2 aromatic carbocycles. The molecule has 0 aliphatic carbocycles. The van der Waals surface area contributed by atoms with Gasteiger partial charge in [-0.05, 0) is 68.7 Å². The summed E-state index contributed by atoms with van der Waals surface area (Å²) in [6.07, 6.45) is 3.44. The van der Waals surface area contributed by atoms with E-state index in [1.165, 1.54) is 0 Å². The van der Waals surface area contributed by atoms with Gasteiger partial charge in [0.2, 0.25) is 6.79 Å². The lowest BCUT2D eigenvalue weighted by Crippen LogP contribution is -2.29. The van der Waals surface area contributed by atoms with E-state index in [2.05, 4.69) is 0 Å². The molecule has 2 aromatic rings. The maximum atomic E-state index is 13.1. The summed E-state index contributed by atoms with van der Waals surface area (Å²) < 4.78 is 21.7. The molecular formula is C26H27NO6. The Balaban J connectivity index is 1.86. The minimum Gasteiger partial charge on any atom is -0.463 e. The highest BCUT2D eigenvalue weighted by atomic mass is 16.7. The zero-order valence-electron chi connectivity index (χ0n) is 19.2. The maximum absolute atomic E-state index is 13.1. The first kappa shape index (κ1) is 22.5. The quantitative estimate of drug-likeness (QED) is 0.600. The first-order chi connectivity index (χ1) is 15.9. The van der Waals surface area contributed by atoms with Crippen molar-refractivity contribution in [1.29, 1.82) is 0 Å². The average Bonchev–Trinajstić information content (AvgIpc) is 3.28. The number of fused-ring (bicyclic) bond motifs is 1. The van der Waals surface area contributed by atoms with Crippen LogP contribution >= 0.6 is 0 Å². The number of aryl methyl sites for hydroxylation is 2. The molecule has 0 atom stereocenters. The lowest BCUT2D eigenvalue weighted by molar-refractivity contribution is -0.139. The Morgan fingerprint density at radius 1 is 0.879 bits per heavy atom. The van der Waals surface area contributed by atoms with Crippen molar-refractivity contribution in [3.8, 4) is 11.5 Å². The van der Waals surface area contributed by atoms with Crippen LogP contribution in [0.25, 0.3) is 0 Å². The van der Waals surface area contributed by atoms with Crippen molar-refractivity contribution >= 4 is 17.6 Å². The lowest BCUT2D eigenvalue weighted by atomic mass is 9.83. The number of carbonyl (C=O) groups is 2. The van der Waals surface area contributed by atoms with Gasteiger partial charge in [-0.25, -0.2) is 9.59 Å². The molecular weight excluding hydrogens is 422 g/mol. The van der Waals surface area contributed by atoms with Crippen molar-refractivity contribution in [3.05, 3.63) is 76.6 Å². The number of hydrogen-bond acceptors (Lipinski definition) is 7. The highest BCUT2D eigenvalue weighted by Crippen LogP contribution is 2.42. The Morgan fingerprint density at radius 3 is 2.12 bits per heavy atom. The lowest BCUT2D eigenvalue weighted by Gasteiger charge is -2.30. The number of benzene rings is 2. The van der Waals surface area contributed by atoms with Gasteiger partial charge in [0.05, 0.1) is 30.3 Å². The van der Waals surface area contributed by atoms with Crippen molar-refractivity contribution < 1.29 is 28.5 Å². The van der Waals surface area contributed by atoms with Gasteiger partial charge < -0.3 is 23.8 Å². The maximum Gasteiger partial charge on any atom is 0.336 e. The first-order valence-electron chi connectivity index (χ1n) is 11.0. The van der Waals surface area contributed by atoms with Gasteiger partial charge in [-0.15, -0.1) is 0 Å². The summed E-state index contributed by atoms with van der Waals surface area (Å²) in [5.41, 5.74) is 4.45. The molecule has 0 saturated carbocycles. The molecule has 172 valence electrons. The van der Waals surface area contributed by atoms with Gasteiger partial charge >= 0.3 is 11.9 Å². The molecule has 4 rings (SSSR count). The molecule has 0 aromatic heterocycles. The van der Waals surface area contributed by atoms with E-state index in [0.717, 1.165) is 16.8 Å². The fourth-order valence-corrected chi connectivity index (χ4v) is 3.91. The Labute approximate surface area is 193 Å². The van der Waals surface area contributed by atoms with Gasteiger partial charge in [0.1, 0.15) is 0 Å². The van der Waals surface area contributed by atoms with Crippen molar-refractivity contribution in [2.45, 2.75) is 33.6 Å². The van der Waals surface area contributed by atoms with E-state index in [-0.39, 0.29) is 20.0 Å². The number of anilines is 1. The molecule has 0 saturated heterocycles. The minimum absolute atomic E-state index is 0.130. The normalized spacial score (nSPS) is 15.1. The van der Waals surface area contributed by atoms with Crippen molar-refractivity contribution in [2.24, 2.45) is 0 Å². The predicted molar refractivity (Wildman–Crippen MR) is 123 cm³/mol. The minimum atomic E-state index is -0.680. The number of nitrogens with zero attached hydrogens (tertiary/aromatic N) is 1. The summed E-state index contributed by atoms with van der Waals surface area (Å²) in [6.45, 7) is 8.11. The molecule has 0 N–H and O–H groups in total. The standard InChI is InChI=1S/C26H27NO6/c1-5-30-25(28)20-13-27(19-9-7-16(3)17(4)11-19)14-21(26(29)31-6-2)24(20)18-8-10-22-23(12-18)33-15-32-22/h7-14,24H,5-6,15H2,1-4H3. The van der Waals surface area contributed by atoms with Gasteiger partial charge in [0.15, 0.2) is 11.5 Å². The summed E-state index contributed by atoms with van der Waals surface area (Å²) in [5.74, 6) is -0.488. The molecule has 0 unspecified atom stereocenters. The molecule has 2 aliphatic heterocycles. The van der Waals surface area contributed by atoms with Crippen LogP contribution in [0.1, 0.15) is 36.5 Å². The van der Waals surface area contributed by atoms with Crippen molar-refractivity contribution in [1.82, 2.24) is 0 Å². The summed E-state index contributed by atoms with van der Waals surface area (Å²) in [4.78, 5) is 27.9. The third-order valence-corrected chi connectivity index (χ3v) is 5.72. The van der Waals surface area contributed by atoms with E-state index in [1.807, 2.05) is 38.1 Å². The number of rotatable bonds is 6. The van der Waals surface area contributed by atoms with E-state index < -0.39 is 17.9 Å². The molecule has 7 nitrogen and oxygen atoms in total. The third-order valence-electron chi connectivity index (χ3n) is 5.72. The van der Waals surface area contributed by atoms with Crippen molar-refractivity contribution in [2.75, 3.05) is 24.9 Å². The first-order valence-corrected chi connectivity index (χ1v) is 11.0. The second-order valence-electron chi connectivity index (χ2n) is 7.83. The fourth-order valence-electron chi connectivity index (χ4n) is 3.91. The molecule has 7 heteroatoms. The van der Waals surface area contributed by atoms with E-state index >= 15 is 0 Å². The van der Waals surface area contributed by atoms with Crippen LogP contribution in [0, 0.1) is 13.8 Å². The Bertz CT molecular complexity index is 1110. The molecule has 33 heavy (non-hydrogen) atoms.